The molecule has 0 amide bonds. The first-order chi connectivity index (χ1) is 12.4. The molecule has 0 aliphatic rings. The summed E-state index contributed by atoms with van der Waals surface area (Å²) in [6, 6.07) is 25.9. The van der Waals surface area contributed by atoms with E-state index >= 15 is 0 Å². The van der Waals surface area contributed by atoms with Crippen molar-refractivity contribution in [1.82, 2.24) is 15.2 Å². The third kappa shape index (κ3) is 3.43. The third-order valence-corrected chi connectivity index (χ3v) is 3.93. The van der Waals surface area contributed by atoms with E-state index in [4.69, 9.17) is 4.74 Å². The molecule has 0 saturated heterocycles. The van der Waals surface area contributed by atoms with Crippen molar-refractivity contribution < 1.29 is 4.74 Å². The van der Waals surface area contributed by atoms with E-state index in [0.29, 0.717) is 6.61 Å². The number of H-pyrrole nitrogens is 1. The molecule has 0 radical (unpaired) electrons. The van der Waals surface area contributed by atoms with Crippen molar-refractivity contribution in [1.29, 1.82) is 0 Å². The molecule has 0 spiro atoms. The summed E-state index contributed by atoms with van der Waals surface area (Å²) < 4.78 is 5.98. The molecule has 0 aliphatic heterocycles. The monoisotopic (exact) mass is 327 g/mol. The zero-order valence-corrected chi connectivity index (χ0v) is 13.6. The Bertz CT molecular complexity index is 949. The van der Waals surface area contributed by atoms with Crippen LogP contribution >= 0.6 is 0 Å². The van der Waals surface area contributed by atoms with Crippen LogP contribution in [-0.2, 0) is 6.61 Å². The molecule has 25 heavy (non-hydrogen) atoms. The smallest absolute Gasteiger partial charge is 0.130 e. The summed E-state index contributed by atoms with van der Waals surface area (Å²) in [5, 5.41) is 7.54. The minimum atomic E-state index is 0.428. The van der Waals surface area contributed by atoms with Gasteiger partial charge in [-0.3, -0.25) is 10.1 Å². The molecule has 4 aromatic rings. The van der Waals surface area contributed by atoms with Gasteiger partial charge < -0.3 is 4.74 Å². The predicted octanol–water partition coefficient (Wildman–Crippen LogP) is 4.72. The predicted molar refractivity (Wildman–Crippen MR) is 98.0 cm³/mol. The van der Waals surface area contributed by atoms with E-state index < -0.39 is 0 Å². The van der Waals surface area contributed by atoms with Gasteiger partial charge in [0.2, 0.25) is 0 Å². The van der Waals surface area contributed by atoms with E-state index in [1.165, 1.54) is 0 Å². The number of benzene rings is 2. The summed E-state index contributed by atoms with van der Waals surface area (Å²) in [5.41, 5.74) is 4.79. The molecular weight excluding hydrogens is 310 g/mol. The van der Waals surface area contributed by atoms with E-state index in [-0.39, 0.29) is 0 Å². The molecule has 4 rings (SSSR count). The number of hydrogen-bond donors (Lipinski definition) is 1. The highest BCUT2D eigenvalue weighted by molar-refractivity contribution is 5.72. The molecule has 4 nitrogen and oxygen atoms in total. The first-order valence-electron chi connectivity index (χ1n) is 8.13. The molecule has 4 heteroatoms. The van der Waals surface area contributed by atoms with Gasteiger partial charge in [-0.2, -0.15) is 5.10 Å². The molecule has 122 valence electrons. The van der Waals surface area contributed by atoms with Gasteiger partial charge in [0.15, 0.2) is 0 Å². The van der Waals surface area contributed by atoms with E-state index in [1.54, 1.807) is 6.20 Å². The Morgan fingerprint density at radius 1 is 0.840 bits per heavy atom. The maximum Gasteiger partial charge on any atom is 0.130 e. The minimum Gasteiger partial charge on any atom is -0.487 e. The number of aromatic amines is 1. The number of aromatic nitrogens is 3. The lowest BCUT2D eigenvalue weighted by Crippen LogP contribution is -1.98. The number of nitrogens with one attached hydrogen (secondary N) is 1. The lowest BCUT2D eigenvalue weighted by atomic mass is 10.1. The van der Waals surface area contributed by atoms with Gasteiger partial charge in [0.05, 0.1) is 17.1 Å². The van der Waals surface area contributed by atoms with E-state index in [9.17, 15) is 0 Å². The Balaban J connectivity index is 1.60. The van der Waals surface area contributed by atoms with Gasteiger partial charge >= 0.3 is 0 Å². The Hall–Kier alpha value is -3.40. The van der Waals surface area contributed by atoms with Gasteiger partial charge in [-0.1, -0.05) is 48.5 Å². The molecular formula is C21H17N3O. The van der Waals surface area contributed by atoms with Crippen LogP contribution in [0, 0.1) is 0 Å². The zero-order chi connectivity index (χ0) is 16.9. The van der Waals surface area contributed by atoms with E-state index in [1.807, 2.05) is 78.9 Å². The van der Waals surface area contributed by atoms with Crippen molar-refractivity contribution >= 4 is 0 Å². The van der Waals surface area contributed by atoms with Gasteiger partial charge in [-0.25, -0.2) is 0 Å². The van der Waals surface area contributed by atoms with Crippen molar-refractivity contribution in [3.8, 4) is 28.3 Å². The highest BCUT2D eigenvalue weighted by atomic mass is 16.5. The fourth-order valence-electron chi connectivity index (χ4n) is 2.67. The molecule has 0 unspecified atom stereocenters. The summed E-state index contributed by atoms with van der Waals surface area (Å²) in [4.78, 5) is 4.29. The van der Waals surface area contributed by atoms with Crippen molar-refractivity contribution in [3.63, 3.8) is 0 Å². The molecule has 0 aliphatic carbocycles. The molecule has 0 atom stereocenters. The van der Waals surface area contributed by atoms with Gasteiger partial charge in [0.25, 0.3) is 0 Å². The Morgan fingerprint density at radius 3 is 2.48 bits per heavy atom. The Labute approximate surface area is 146 Å². The number of hydrogen-bond acceptors (Lipinski definition) is 3. The maximum absolute atomic E-state index is 5.98. The highest BCUT2D eigenvalue weighted by Crippen LogP contribution is 2.31. The van der Waals surface area contributed by atoms with Crippen LogP contribution in [0.15, 0.2) is 85.1 Å². The Morgan fingerprint density at radius 2 is 1.64 bits per heavy atom. The fourth-order valence-corrected chi connectivity index (χ4v) is 2.67. The summed E-state index contributed by atoms with van der Waals surface area (Å²) in [7, 11) is 0. The Kier molecular flexibility index (Phi) is 4.25. The number of nitrogens with zero attached hydrogens (tertiary/aromatic N) is 2. The zero-order valence-electron chi connectivity index (χ0n) is 13.6. The van der Waals surface area contributed by atoms with Crippen molar-refractivity contribution in [2.24, 2.45) is 0 Å². The van der Waals surface area contributed by atoms with Gasteiger partial charge in [-0.05, 0) is 30.3 Å². The first-order valence-corrected chi connectivity index (χ1v) is 8.13. The molecule has 2 aromatic heterocycles. The summed E-state index contributed by atoms with van der Waals surface area (Å²) in [5.74, 6) is 0.802. The lowest BCUT2D eigenvalue weighted by molar-refractivity contribution is 0.302. The highest BCUT2D eigenvalue weighted by Gasteiger charge is 2.10. The number of ether oxygens (including phenoxy) is 1. The first kappa shape index (κ1) is 15.1. The minimum absolute atomic E-state index is 0.428. The number of pyridine rings is 1. The van der Waals surface area contributed by atoms with Crippen LogP contribution in [0.1, 0.15) is 5.69 Å². The molecule has 0 saturated carbocycles. The molecule has 0 bridgehead atoms. The molecule has 0 fully saturated rings. The summed E-state index contributed by atoms with van der Waals surface area (Å²) >= 11 is 0. The molecule has 2 heterocycles. The van der Waals surface area contributed by atoms with Crippen LogP contribution in [-0.4, -0.2) is 15.2 Å². The van der Waals surface area contributed by atoms with E-state index in [0.717, 1.165) is 34.0 Å². The SMILES string of the molecule is c1ccc(-c2cc(-c3ccccc3OCc3ccccn3)[nH]n2)cc1. The second-order valence-corrected chi connectivity index (χ2v) is 5.64. The number of rotatable bonds is 5. The standard InChI is InChI=1S/C21H17N3O/c1-2-8-16(9-3-1)19-14-20(24-23-19)18-11-4-5-12-21(18)25-15-17-10-6-7-13-22-17/h1-14H,15H2,(H,23,24). The van der Waals surface area contributed by atoms with Crippen molar-refractivity contribution in [2.45, 2.75) is 6.61 Å². The average molecular weight is 327 g/mol. The van der Waals surface area contributed by atoms with Gasteiger partial charge in [-0.15, -0.1) is 0 Å². The van der Waals surface area contributed by atoms with Crippen LogP contribution in [0.4, 0.5) is 0 Å². The topological polar surface area (TPSA) is 50.8 Å². The molecule has 1 N–H and O–H groups in total. The quantitative estimate of drug-likeness (QED) is 0.577. The largest absolute Gasteiger partial charge is 0.487 e. The van der Waals surface area contributed by atoms with Crippen molar-refractivity contribution in [3.05, 3.63) is 90.8 Å². The van der Waals surface area contributed by atoms with Crippen LogP contribution in [0.3, 0.4) is 0 Å². The maximum atomic E-state index is 5.98. The van der Waals surface area contributed by atoms with Crippen molar-refractivity contribution in [2.75, 3.05) is 0 Å². The summed E-state index contributed by atoms with van der Waals surface area (Å²) in [6.45, 7) is 0.428. The van der Waals surface area contributed by atoms with Crippen LogP contribution in [0.5, 0.6) is 5.75 Å². The number of para-hydroxylation sites is 1. The van der Waals surface area contributed by atoms with Gasteiger partial charge in [0, 0.05) is 17.3 Å². The second kappa shape index (κ2) is 7.01. The average Bonchev–Trinajstić information content (AvgIpc) is 3.18. The van der Waals surface area contributed by atoms with Crippen LogP contribution < -0.4 is 4.74 Å². The molecule has 2 aromatic carbocycles. The summed E-state index contributed by atoms with van der Waals surface area (Å²) in [6.07, 6.45) is 1.77. The second-order valence-electron chi connectivity index (χ2n) is 5.64. The fraction of sp³-hybridized carbons (Fsp3) is 0.0476. The van der Waals surface area contributed by atoms with E-state index in [2.05, 4.69) is 15.2 Å². The lowest BCUT2D eigenvalue weighted by Gasteiger charge is -2.09. The van der Waals surface area contributed by atoms with Crippen LogP contribution in [0.25, 0.3) is 22.5 Å². The normalized spacial score (nSPS) is 10.6. The van der Waals surface area contributed by atoms with Crippen LogP contribution in [0.2, 0.25) is 0 Å². The third-order valence-electron chi connectivity index (χ3n) is 3.93. The van der Waals surface area contributed by atoms with Gasteiger partial charge in [0.1, 0.15) is 12.4 Å².